The highest BCUT2D eigenvalue weighted by Crippen LogP contribution is 2.31. The largest absolute Gasteiger partial charge is 0.479 e. The van der Waals surface area contributed by atoms with E-state index in [9.17, 15) is 14.7 Å². The molecule has 1 atom stereocenters. The smallest absolute Gasteiger partial charge is 0.408 e. The molecule has 1 amide bonds. The number of fused-ring (bicyclic) bond motifs is 1. The zero-order valence-corrected chi connectivity index (χ0v) is 14.5. The number of carboxylic acid groups (broad SMARTS) is 1. The molecule has 2 rings (SSSR count). The maximum atomic E-state index is 12.0. The van der Waals surface area contributed by atoms with Gasteiger partial charge in [0.1, 0.15) is 11.1 Å². The van der Waals surface area contributed by atoms with Crippen molar-refractivity contribution >= 4 is 28.0 Å². The van der Waals surface area contributed by atoms with Crippen LogP contribution in [0.3, 0.4) is 0 Å². The van der Waals surface area contributed by atoms with Gasteiger partial charge in [-0.15, -0.1) is 0 Å². The Labute approximate surface area is 138 Å². The Balaban J connectivity index is 2.23. The number of hydrogen-bond acceptors (Lipinski definition) is 3. The van der Waals surface area contributed by atoms with E-state index in [-0.39, 0.29) is 6.42 Å². The van der Waals surface area contributed by atoms with Crippen LogP contribution in [0.2, 0.25) is 0 Å². The van der Waals surface area contributed by atoms with Gasteiger partial charge < -0.3 is 15.2 Å². The number of aryl methyl sites for hydroxylation is 1. The number of carboxylic acids is 1. The van der Waals surface area contributed by atoms with Crippen molar-refractivity contribution < 1.29 is 19.4 Å². The normalized spacial score (nSPS) is 20.9. The third-order valence-electron chi connectivity index (χ3n) is 3.63. The Hall–Kier alpha value is -1.56. The summed E-state index contributed by atoms with van der Waals surface area (Å²) in [6.45, 7) is 5.23. The summed E-state index contributed by atoms with van der Waals surface area (Å²) in [6.07, 6.45) is 0.488. The van der Waals surface area contributed by atoms with E-state index in [1.165, 1.54) is 0 Å². The minimum absolute atomic E-state index is 0.254. The van der Waals surface area contributed by atoms with Crippen LogP contribution < -0.4 is 5.32 Å². The molecule has 0 saturated heterocycles. The van der Waals surface area contributed by atoms with Crippen molar-refractivity contribution in [2.45, 2.75) is 51.2 Å². The highest BCUT2D eigenvalue weighted by molar-refractivity contribution is 9.10. The number of hydrogen-bond donors (Lipinski definition) is 2. The standard InChI is InChI=1S/C16H20BrNO4/c1-15(2,3)22-14(21)18-16(13(19)20)7-6-10-8-12(17)5-4-11(10)9-16/h4-5,8H,6-7,9H2,1-3H3,(H,18,21)(H,19,20)/t16-/m0/s1. The summed E-state index contributed by atoms with van der Waals surface area (Å²) in [5.41, 5.74) is 0.0647. The van der Waals surface area contributed by atoms with Crippen molar-refractivity contribution in [3.8, 4) is 0 Å². The molecular weight excluding hydrogens is 350 g/mol. The number of amides is 1. The molecule has 0 unspecified atom stereocenters. The lowest BCUT2D eigenvalue weighted by molar-refractivity contribution is -0.145. The Morgan fingerprint density at radius 1 is 1.32 bits per heavy atom. The fourth-order valence-corrected chi connectivity index (χ4v) is 3.01. The van der Waals surface area contributed by atoms with Crippen LogP contribution in [0.5, 0.6) is 0 Å². The number of rotatable bonds is 2. The first kappa shape index (κ1) is 16.8. The van der Waals surface area contributed by atoms with Crippen molar-refractivity contribution in [2.75, 3.05) is 0 Å². The Bertz CT molecular complexity index is 609. The van der Waals surface area contributed by atoms with E-state index in [1.807, 2.05) is 18.2 Å². The van der Waals surface area contributed by atoms with Gasteiger partial charge in [-0.3, -0.25) is 0 Å². The van der Waals surface area contributed by atoms with E-state index in [1.54, 1.807) is 20.8 Å². The second kappa shape index (κ2) is 5.91. The molecule has 1 aliphatic carbocycles. The number of alkyl carbamates (subject to hydrolysis) is 1. The molecular formula is C16H20BrNO4. The molecule has 0 radical (unpaired) electrons. The van der Waals surface area contributed by atoms with Gasteiger partial charge in [0.05, 0.1) is 0 Å². The summed E-state index contributed by atoms with van der Waals surface area (Å²) in [7, 11) is 0. The van der Waals surface area contributed by atoms with Gasteiger partial charge in [0.2, 0.25) is 0 Å². The Morgan fingerprint density at radius 2 is 2.00 bits per heavy atom. The zero-order chi connectivity index (χ0) is 16.5. The molecule has 1 aromatic carbocycles. The summed E-state index contributed by atoms with van der Waals surface area (Å²) in [5.74, 6) is -1.04. The predicted molar refractivity (Wildman–Crippen MR) is 85.9 cm³/mol. The molecule has 0 aromatic heterocycles. The molecule has 0 aliphatic heterocycles. The third kappa shape index (κ3) is 3.80. The molecule has 6 heteroatoms. The first-order valence-corrected chi connectivity index (χ1v) is 7.92. The summed E-state index contributed by atoms with van der Waals surface area (Å²) in [6, 6.07) is 5.77. The van der Waals surface area contributed by atoms with Gasteiger partial charge in [0.25, 0.3) is 0 Å². The van der Waals surface area contributed by atoms with Gasteiger partial charge in [-0.1, -0.05) is 22.0 Å². The van der Waals surface area contributed by atoms with Crippen LogP contribution >= 0.6 is 15.9 Å². The van der Waals surface area contributed by atoms with Crippen molar-refractivity contribution in [1.82, 2.24) is 5.32 Å². The van der Waals surface area contributed by atoms with Crippen molar-refractivity contribution in [3.05, 3.63) is 33.8 Å². The topological polar surface area (TPSA) is 75.6 Å². The van der Waals surface area contributed by atoms with Crippen LogP contribution in [0, 0.1) is 0 Å². The number of benzene rings is 1. The highest BCUT2D eigenvalue weighted by atomic mass is 79.9. The SMILES string of the molecule is CC(C)(C)OC(=O)N[C@@]1(C(=O)O)CCc2cc(Br)ccc2C1. The van der Waals surface area contributed by atoms with E-state index in [0.717, 1.165) is 15.6 Å². The molecule has 1 aliphatic rings. The Kier molecular flexibility index (Phi) is 4.52. The molecule has 2 N–H and O–H groups in total. The van der Waals surface area contributed by atoms with Gasteiger partial charge in [0.15, 0.2) is 0 Å². The summed E-state index contributed by atoms with van der Waals surface area (Å²) in [4.78, 5) is 23.8. The summed E-state index contributed by atoms with van der Waals surface area (Å²) in [5, 5.41) is 12.2. The molecule has 0 spiro atoms. The van der Waals surface area contributed by atoms with Gasteiger partial charge in [0, 0.05) is 10.9 Å². The van der Waals surface area contributed by atoms with Crippen molar-refractivity contribution in [3.63, 3.8) is 0 Å². The number of halogens is 1. The molecule has 22 heavy (non-hydrogen) atoms. The minimum atomic E-state index is -1.32. The van der Waals surface area contributed by atoms with E-state index in [4.69, 9.17) is 4.74 Å². The lowest BCUT2D eigenvalue weighted by Crippen LogP contribution is -2.58. The van der Waals surface area contributed by atoms with Gasteiger partial charge >= 0.3 is 12.1 Å². The highest BCUT2D eigenvalue weighted by Gasteiger charge is 2.43. The lowest BCUT2D eigenvalue weighted by atomic mass is 9.78. The maximum Gasteiger partial charge on any atom is 0.408 e. The number of carbonyl (C=O) groups is 2. The summed E-state index contributed by atoms with van der Waals surface area (Å²) < 4.78 is 6.17. The fraction of sp³-hybridized carbons (Fsp3) is 0.500. The van der Waals surface area contributed by atoms with Crippen molar-refractivity contribution in [1.29, 1.82) is 0 Å². The number of nitrogens with one attached hydrogen (secondary N) is 1. The van der Waals surface area contributed by atoms with E-state index in [0.29, 0.717) is 12.8 Å². The third-order valence-corrected chi connectivity index (χ3v) is 4.12. The lowest BCUT2D eigenvalue weighted by Gasteiger charge is -2.35. The van der Waals surface area contributed by atoms with E-state index < -0.39 is 23.2 Å². The second-order valence-corrected chi connectivity index (χ2v) is 7.52. The van der Waals surface area contributed by atoms with E-state index >= 15 is 0 Å². The minimum Gasteiger partial charge on any atom is -0.479 e. The Morgan fingerprint density at radius 3 is 2.59 bits per heavy atom. The molecule has 1 aromatic rings. The predicted octanol–water partition coefficient (Wildman–Crippen LogP) is 3.29. The number of aliphatic carboxylic acids is 1. The van der Waals surface area contributed by atoms with Gasteiger partial charge in [-0.05, 0) is 56.9 Å². The summed E-state index contributed by atoms with van der Waals surface area (Å²) >= 11 is 3.42. The quantitative estimate of drug-likeness (QED) is 0.838. The fourth-order valence-electron chi connectivity index (χ4n) is 2.60. The zero-order valence-electron chi connectivity index (χ0n) is 12.9. The molecule has 0 heterocycles. The van der Waals surface area contributed by atoms with Gasteiger partial charge in [-0.2, -0.15) is 0 Å². The second-order valence-electron chi connectivity index (χ2n) is 6.60. The van der Waals surface area contributed by atoms with E-state index in [2.05, 4.69) is 21.2 Å². The maximum absolute atomic E-state index is 12.0. The van der Waals surface area contributed by atoms with Crippen LogP contribution in [0.1, 0.15) is 38.3 Å². The molecule has 5 nitrogen and oxygen atoms in total. The van der Waals surface area contributed by atoms with Crippen LogP contribution in [0.15, 0.2) is 22.7 Å². The number of carbonyl (C=O) groups excluding carboxylic acids is 1. The number of ether oxygens (including phenoxy) is 1. The first-order chi connectivity index (χ1) is 10.1. The van der Waals surface area contributed by atoms with Crippen LogP contribution in [-0.4, -0.2) is 28.3 Å². The average Bonchev–Trinajstić information content (AvgIpc) is 2.36. The average molecular weight is 370 g/mol. The first-order valence-electron chi connectivity index (χ1n) is 7.13. The van der Waals surface area contributed by atoms with Crippen LogP contribution in [-0.2, 0) is 22.4 Å². The van der Waals surface area contributed by atoms with Crippen molar-refractivity contribution in [2.24, 2.45) is 0 Å². The molecule has 120 valence electrons. The van der Waals surface area contributed by atoms with Crippen LogP contribution in [0.25, 0.3) is 0 Å². The molecule has 0 bridgehead atoms. The van der Waals surface area contributed by atoms with Gasteiger partial charge in [-0.25, -0.2) is 9.59 Å². The van der Waals surface area contributed by atoms with Crippen LogP contribution in [0.4, 0.5) is 4.79 Å². The monoisotopic (exact) mass is 369 g/mol. The molecule has 0 fully saturated rings. The molecule has 0 saturated carbocycles.